The molecular formula is C20H21F2N3O2. The molecule has 1 atom stereocenters. The number of pyridine rings is 1. The van der Waals surface area contributed by atoms with Crippen LogP contribution in [-0.2, 0) is 4.79 Å². The van der Waals surface area contributed by atoms with E-state index in [0.717, 1.165) is 6.07 Å². The Balaban J connectivity index is 1.55. The van der Waals surface area contributed by atoms with Crippen LogP contribution in [0.15, 0.2) is 42.6 Å². The quantitative estimate of drug-likeness (QED) is 0.756. The molecule has 0 saturated carbocycles. The Hall–Kier alpha value is -2.83. The van der Waals surface area contributed by atoms with E-state index in [2.05, 4.69) is 4.98 Å². The van der Waals surface area contributed by atoms with Gasteiger partial charge >= 0.3 is 0 Å². The first kappa shape index (κ1) is 18.9. The molecule has 27 heavy (non-hydrogen) atoms. The van der Waals surface area contributed by atoms with Crippen LogP contribution < -0.4 is 4.90 Å². The molecule has 1 saturated heterocycles. The third kappa shape index (κ3) is 4.67. The maximum atomic E-state index is 13.5. The summed E-state index contributed by atoms with van der Waals surface area (Å²) in [4.78, 5) is 32.1. The highest BCUT2D eigenvalue weighted by molar-refractivity contribution is 5.96. The second-order valence-corrected chi connectivity index (χ2v) is 6.65. The van der Waals surface area contributed by atoms with E-state index in [1.165, 1.54) is 12.1 Å². The number of piperazine rings is 1. The molecule has 2 heterocycles. The Morgan fingerprint density at radius 1 is 1.11 bits per heavy atom. The van der Waals surface area contributed by atoms with Crippen molar-refractivity contribution in [3.05, 3.63) is 59.9 Å². The predicted molar refractivity (Wildman–Crippen MR) is 97.5 cm³/mol. The van der Waals surface area contributed by atoms with Gasteiger partial charge < -0.3 is 9.80 Å². The van der Waals surface area contributed by atoms with Gasteiger partial charge in [0.1, 0.15) is 17.3 Å². The Morgan fingerprint density at radius 2 is 1.85 bits per heavy atom. The van der Waals surface area contributed by atoms with Crippen molar-refractivity contribution in [2.24, 2.45) is 0 Å². The van der Waals surface area contributed by atoms with Crippen LogP contribution >= 0.6 is 0 Å². The van der Waals surface area contributed by atoms with Crippen molar-refractivity contribution >= 4 is 17.4 Å². The van der Waals surface area contributed by atoms with Crippen molar-refractivity contribution in [3.8, 4) is 0 Å². The summed E-state index contributed by atoms with van der Waals surface area (Å²) in [6.07, 6.45) is 1.78. The smallest absolute Gasteiger partial charge is 0.223 e. The number of hydrogen-bond acceptors (Lipinski definition) is 4. The molecule has 0 N–H and O–H groups in total. The van der Waals surface area contributed by atoms with E-state index >= 15 is 0 Å². The lowest BCUT2D eigenvalue weighted by Crippen LogP contribution is -2.53. The largest absolute Gasteiger partial charge is 0.365 e. The summed E-state index contributed by atoms with van der Waals surface area (Å²) in [5.41, 5.74) is 0.828. The lowest BCUT2D eigenvalue weighted by molar-refractivity contribution is -0.131. The molecule has 1 aromatic carbocycles. The van der Waals surface area contributed by atoms with E-state index in [-0.39, 0.29) is 30.6 Å². The van der Waals surface area contributed by atoms with Gasteiger partial charge in [0, 0.05) is 56.5 Å². The van der Waals surface area contributed by atoms with Crippen LogP contribution in [0.4, 0.5) is 14.5 Å². The summed E-state index contributed by atoms with van der Waals surface area (Å²) in [7, 11) is 0. The zero-order chi connectivity index (χ0) is 19.4. The number of halogens is 2. The van der Waals surface area contributed by atoms with Gasteiger partial charge in [0.2, 0.25) is 5.91 Å². The fourth-order valence-corrected chi connectivity index (χ4v) is 3.31. The summed E-state index contributed by atoms with van der Waals surface area (Å²) in [6, 6.07) is 8.44. The lowest BCUT2D eigenvalue weighted by Gasteiger charge is -2.41. The van der Waals surface area contributed by atoms with Gasteiger partial charge in [0.15, 0.2) is 5.78 Å². The summed E-state index contributed by atoms with van der Waals surface area (Å²) in [5, 5.41) is 0. The molecule has 1 aliphatic rings. The van der Waals surface area contributed by atoms with Gasteiger partial charge in [-0.1, -0.05) is 6.07 Å². The van der Waals surface area contributed by atoms with Gasteiger partial charge in [-0.3, -0.25) is 14.6 Å². The lowest BCUT2D eigenvalue weighted by atomic mass is 10.1. The maximum absolute atomic E-state index is 13.5. The van der Waals surface area contributed by atoms with Gasteiger partial charge in [0.05, 0.1) is 0 Å². The average molecular weight is 373 g/mol. The van der Waals surface area contributed by atoms with Crippen LogP contribution in [0.2, 0.25) is 0 Å². The number of Topliss-reactive ketones (excluding diaryl/α,β-unsaturated/α-hetero) is 1. The monoisotopic (exact) mass is 373 g/mol. The number of hydrogen-bond donors (Lipinski definition) is 0. The molecule has 0 bridgehead atoms. The number of carbonyl (C=O) groups excluding carboxylic acids is 2. The highest BCUT2D eigenvalue weighted by atomic mass is 19.1. The molecular weight excluding hydrogens is 352 g/mol. The molecule has 1 aliphatic heterocycles. The van der Waals surface area contributed by atoms with Gasteiger partial charge in [0.25, 0.3) is 0 Å². The fourth-order valence-electron chi connectivity index (χ4n) is 3.31. The molecule has 0 aliphatic carbocycles. The van der Waals surface area contributed by atoms with Crippen LogP contribution in [0.5, 0.6) is 0 Å². The molecule has 1 aromatic heterocycles. The average Bonchev–Trinajstić information content (AvgIpc) is 2.65. The number of aromatic nitrogens is 1. The first-order valence-electron chi connectivity index (χ1n) is 8.89. The predicted octanol–water partition coefficient (Wildman–Crippen LogP) is 3.06. The Morgan fingerprint density at radius 3 is 2.48 bits per heavy atom. The van der Waals surface area contributed by atoms with Crippen LogP contribution in [-0.4, -0.2) is 47.3 Å². The molecule has 3 rings (SSSR count). The van der Waals surface area contributed by atoms with E-state index < -0.39 is 11.6 Å². The zero-order valence-electron chi connectivity index (χ0n) is 15.1. The molecule has 5 nitrogen and oxygen atoms in total. The fraction of sp³-hybridized carbons (Fsp3) is 0.350. The van der Waals surface area contributed by atoms with Gasteiger partial charge in [-0.25, -0.2) is 8.78 Å². The van der Waals surface area contributed by atoms with Crippen molar-refractivity contribution in [2.45, 2.75) is 25.8 Å². The highest BCUT2D eigenvalue weighted by Crippen LogP contribution is 2.23. The summed E-state index contributed by atoms with van der Waals surface area (Å²) in [5.74, 6) is -1.51. The molecule has 0 spiro atoms. The first-order valence-corrected chi connectivity index (χ1v) is 8.89. The Bertz CT molecular complexity index is 809. The van der Waals surface area contributed by atoms with Crippen LogP contribution in [0.3, 0.4) is 0 Å². The van der Waals surface area contributed by atoms with Gasteiger partial charge in [-0.05, 0) is 31.2 Å². The number of anilines is 1. The zero-order valence-corrected chi connectivity index (χ0v) is 15.1. The van der Waals surface area contributed by atoms with E-state index in [1.807, 2.05) is 11.8 Å². The number of rotatable bonds is 5. The van der Waals surface area contributed by atoms with E-state index in [0.29, 0.717) is 31.0 Å². The van der Waals surface area contributed by atoms with Crippen LogP contribution in [0, 0.1) is 11.6 Å². The number of ketones is 1. The molecule has 142 valence electrons. The molecule has 1 fully saturated rings. The number of benzene rings is 1. The molecule has 2 aromatic rings. The van der Waals surface area contributed by atoms with E-state index in [9.17, 15) is 18.4 Å². The third-order valence-electron chi connectivity index (χ3n) is 4.68. The van der Waals surface area contributed by atoms with Gasteiger partial charge in [-0.15, -0.1) is 0 Å². The molecule has 0 unspecified atom stereocenters. The van der Waals surface area contributed by atoms with Crippen LogP contribution in [0.25, 0.3) is 0 Å². The van der Waals surface area contributed by atoms with Crippen molar-refractivity contribution < 1.29 is 18.4 Å². The van der Waals surface area contributed by atoms with Crippen LogP contribution in [0.1, 0.15) is 30.3 Å². The first-order chi connectivity index (χ1) is 12.9. The number of nitrogens with zero attached hydrogens (tertiary/aromatic N) is 3. The van der Waals surface area contributed by atoms with E-state index in [1.54, 1.807) is 29.3 Å². The van der Waals surface area contributed by atoms with Crippen molar-refractivity contribution in [2.75, 3.05) is 24.5 Å². The topological polar surface area (TPSA) is 53.5 Å². The SMILES string of the molecule is C[C@H]1CN(C(=O)CCC(=O)c2ccccn2)CCN1c1cc(F)cc(F)c1. The van der Waals surface area contributed by atoms with Gasteiger partial charge in [-0.2, -0.15) is 0 Å². The van der Waals surface area contributed by atoms with E-state index in [4.69, 9.17) is 0 Å². The minimum atomic E-state index is -0.622. The second-order valence-electron chi connectivity index (χ2n) is 6.65. The maximum Gasteiger partial charge on any atom is 0.223 e. The highest BCUT2D eigenvalue weighted by Gasteiger charge is 2.27. The molecule has 1 amide bonds. The summed E-state index contributed by atoms with van der Waals surface area (Å²) < 4.78 is 26.9. The summed E-state index contributed by atoms with van der Waals surface area (Å²) in [6.45, 7) is 3.26. The summed E-state index contributed by atoms with van der Waals surface area (Å²) >= 11 is 0. The molecule has 7 heteroatoms. The number of amides is 1. The molecule has 0 radical (unpaired) electrons. The number of carbonyl (C=O) groups is 2. The van der Waals surface area contributed by atoms with Crippen molar-refractivity contribution in [1.29, 1.82) is 0 Å². The second kappa shape index (κ2) is 8.24. The standard InChI is InChI=1S/C20H21F2N3O2/c1-14-13-24(8-9-25(14)17-11-15(21)10-16(22)12-17)20(27)6-5-19(26)18-4-2-3-7-23-18/h2-4,7,10-12,14H,5-6,8-9,13H2,1H3/t14-/m0/s1. The van der Waals surface area contributed by atoms with Crippen molar-refractivity contribution in [3.63, 3.8) is 0 Å². The third-order valence-corrected chi connectivity index (χ3v) is 4.68. The Kier molecular flexibility index (Phi) is 5.78. The normalized spacial score (nSPS) is 17.1. The van der Waals surface area contributed by atoms with Crippen molar-refractivity contribution in [1.82, 2.24) is 9.88 Å². The minimum absolute atomic E-state index is 0.0876. The minimum Gasteiger partial charge on any atom is -0.365 e. The Labute approximate surface area is 156 Å².